The van der Waals surface area contributed by atoms with Gasteiger partial charge in [0.1, 0.15) is 11.6 Å². The number of ether oxygens (including phenoxy) is 1. The number of pyridine rings is 1. The largest absolute Gasteiger partial charge is 0.497 e. The number of hydrogen-bond acceptors (Lipinski definition) is 5. The van der Waals surface area contributed by atoms with Gasteiger partial charge in [-0.1, -0.05) is 44.2 Å². The Balaban J connectivity index is 1.54. The van der Waals surface area contributed by atoms with Crippen molar-refractivity contribution >= 4 is 11.7 Å². The average molecular weight is 499 g/mol. The molecular weight excluding hydrogens is 460 g/mol. The van der Waals surface area contributed by atoms with Gasteiger partial charge >= 0.3 is 0 Å². The molecule has 0 N–H and O–H groups in total. The van der Waals surface area contributed by atoms with Gasteiger partial charge in [0.05, 0.1) is 7.11 Å². The van der Waals surface area contributed by atoms with E-state index >= 15 is 0 Å². The molecule has 2 aromatic carbocycles. The molecule has 6 heteroatoms. The van der Waals surface area contributed by atoms with Gasteiger partial charge < -0.3 is 14.5 Å². The third-order valence-electron chi connectivity index (χ3n) is 7.77. The zero-order valence-electron chi connectivity index (χ0n) is 22.5. The number of anilines is 1. The van der Waals surface area contributed by atoms with Crippen molar-refractivity contribution in [2.45, 2.75) is 38.6 Å². The quantitative estimate of drug-likeness (QED) is 0.442. The summed E-state index contributed by atoms with van der Waals surface area (Å²) in [5, 5.41) is 0. The van der Waals surface area contributed by atoms with Crippen LogP contribution in [0, 0.1) is 0 Å². The van der Waals surface area contributed by atoms with Crippen LogP contribution in [-0.4, -0.2) is 67.6 Å². The highest BCUT2D eigenvalue weighted by molar-refractivity contribution is 5.94. The molecule has 0 radical (unpaired) electrons. The van der Waals surface area contributed by atoms with Crippen LogP contribution in [0.1, 0.15) is 60.3 Å². The van der Waals surface area contributed by atoms with Crippen LogP contribution in [0.3, 0.4) is 0 Å². The fraction of sp³-hybridized carbons (Fsp3) is 0.419. The molecule has 0 aliphatic carbocycles. The Kier molecular flexibility index (Phi) is 7.47. The number of hydrogen-bond donors (Lipinski definition) is 0. The maximum atomic E-state index is 13.1. The second-order valence-electron chi connectivity index (χ2n) is 10.5. The SMILES string of the molecule is COc1cccc(-c2cc(C(C)C)nc(N3CCN(C(=O)c4ccccc4)CC3)c2C2CCCN2C)c1. The second kappa shape index (κ2) is 10.9. The zero-order valence-corrected chi connectivity index (χ0v) is 22.5. The number of benzene rings is 2. The summed E-state index contributed by atoms with van der Waals surface area (Å²) < 4.78 is 5.58. The van der Waals surface area contributed by atoms with E-state index in [1.165, 1.54) is 17.5 Å². The molecular formula is C31H38N4O2. The Morgan fingerprint density at radius 3 is 2.38 bits per heavy atom. The highest BCUT2D eigenvalue weighted by Gasteiger charge is 2.33. The molecule has 6 nitrogen and oxygen atoms in total. The number of nitrogens with zero attached hydrogens (tertiary/aromatic N) is 4. The molecule has 2 saturated heterocycles. The molecule has 1 unspecified atom stereocenters. The Morgan fingerprint density at radius 1 is 0.973 bits per heavy atom. The summed E-state index contributed by atoms with van der Waals surface area (Å²) in [4.78, 5) is 25.2. The summed E-state index contributed by atoms with van der Waals surface area (Å²) in [5.74, 6) is 2.35. The zero-order chi connectivity index (χ0) is 25.9. The first-order chi connectivity index (χ1) is 18.0. The maximum absolute atomic E-state index is 13.1. The minimum Gasteiger partial charge on any atom is -0.497 e. The Bertz CT molecular complexity index is 1240. The Hall–Kier alpha value is -3.38. The highest BCUT2D eigenvalue weighted by Crippen LogP contribution is 2.43. The predicted octanol–water partition coefficient (Wildman–Crippen LogP) is 5.61. The van der Waals surface area contributed by atoms with Crippen molar-refractivity contribution in [1.29, 1.82) is 0 Å². The molecule has 3 aromatic rings. The van der Waals surface area contributed by atoms with E-state index in [0.29, 0.717) is 25.0 Å². The fourth-order valence-corrected chi connectivity index (χ4v) is 5.62. The normalized spacial score (nSPS) is 18.5. The van der Waals surface area contributed by atoms with Crippen LogP contribution >= 0.6 is 0 Å². The lowest BCUT2D eigenvalue weighted by atomic mass is 9.91. The number of rotatable bonds is 6. The maximum Gasteiger partial charge on any atom is 0.253 e. The molecule has 1 aromatic heterocycles. The third kappa shape index (κ3) is 5.21. The molecule has 1 amide bonds. The van der Waals surface area contributed by atoms with Crippen LogP contribution in [-0.2, 0) is 0 Å². The summed E-state index contributed by atoms with van der Waals surface area (Å²) in [6.07, 6.45) is 2.30. The first-order valence-electron chi connectivity index (χ1n) is 13.4. The van der Waals surface area contributed by atoms with E-state index in [-0.39, 0.29) is 5.91 Å². The lowest BCUT2D eigenvalue weighted by molar-refractivity contribution is 0.0746. The van der Waals surface area contributed by atoms with Crippen molar-refractivity contribution in [3.05, 3.63) is 77.5 Å². The van der Waals surface area contributed by atoms with Gasteiger partial charge in [-0.25, -0.2) is 4.98 Å². The van der Waals surface area contributed by atoms with Crippen LogP contribution in [0.25, 0.3) is 11.1 Å². The molecule has 37 heavy (non-hydrogen) atoms. The summed E-state index contributed by atoms with van der Waals surface area (Å²) in [6.45, 7) is 8.43. The minimum absolute atomic E-state index is 0.108. The van der Waals surface area contributed by atoms with Gasteiger partial charge in [-0.15, -0.1) is 0 Å². The summed E-state index contributed by atoms with van der Waals surface area (Å²) in [6, 6.07) is 20.6. The molecule has 2 fully saturated rings. The number of amides is 1. The van der Waals surface area contributed by atoms with Crippen LogP contribution in [0.5, 0.6) is 5.75 Å². The lowest BCUT2D eigenvalue weighted by Crippen LogP contribution is -2.49. The number of carbonyl (C=O) groups excluding carboxylic acids is 1. The predicted molar refractivity (Wildman–Crippen MR) is 149 cm³/mol. The van der Waals surface area contributed by atoms with E-state index in [1.54, 1.807) is 7.11 Å². The van der Waals surface area contributed by atoms with Crippen molar-refractivity contribution in [3.8, 4) is 16.9 Å². The molecule has 3 heterocycles. The lowest BCUT2D eigenvalue weighted by Gasteiger charge is -2.38. The molecule has 1 atom stereocenters. The van der Waals surface area contributed by atoms with Crippen LogP contribution in [0.15, 0.2) is 60.7 Å². The van der Waals surface area contributed by atoms with Crippen LogP contribution in [0.2, 0.25) is 0 Å². The summed E-state index contributed by atoms with van der Waals surface area (Å²) in [5.41, 5.74) is 5.57. The number of likely N-dealkylation sites (tertiary alicyclic amines) is 1. The first-order valence-corrected chi connectivity index (χ1v) is 13.4. The van der Waals surface area contributed by atoms with Gasteiger partial charge in [0, 0.05) is 49.0 Å². The van der Waals surface area contributed by atoms with Gasteiger partial charge in [0.2, 0.25) is 0 Å². The van der Waals surface area contributed by atoms with E-state index in [9.17, 15) is 4.79 Å². The third-order valence-corrected chi connectivity index (χ3v) is 7.77. The van der Waals surface area contributed by atoms with Crippen molar-refractivity contribution in [2.75, 3.05) is 51.8 Å². The number of aromatic nitrogens is 1. The Labute approximate surface area is 220 Å². The molecule has 0 saturated carbocycles. The van der Waals surface area contributed by atoms with Crippen molar-refractivity contribution in [3.63, 3.8) is 0 Å². The van der Waals surface area contributed by atoms with Gasteiger partial charge in [-0.05, 0) is 73.8 Å². The minimum atomic E-state index is 0.108. The van der Waals surface area contributed by atoms with Gasteiger partial charge in [0.15, 0.2) is 0 Å². The molecule has 0 bridgehead atoms. The van der Waals surface area contributed by atoms with Gasteiger partial charge in [-0.2, -0.15) is 0 Å². The summed E-state index contributed by atoms with van der Waals surface area (Å²) >= 11 is 0. The first kappa shape index (κ1) is 25.3. The molecule has 2 aliphatic rings. The molecule has 194 valence electrons. The van der Waals surface area contributed by atoms with Crippen LogP contribution < -0.4 is 9.64 Å². The highest BCUT2D eigenvalue weighted by atomic mass is 16.5. The van der Waals surface area contributed by atoms with E-state index in [2.05, 4.69) is 55.0 Å². The van der Waals surface area contributed by atoms with Gasteiger partial charge in [0.25, 0.3) is 5.91 Å². The fourth-order valence-electron chi connectivity index (χ4n) is 5.62. The average Bonchev–Trinajstić information content (AvgIpc) is 3.37. The standard InChI is InChI=1S/C31H38N4O2/c1-22(2)27-21-26(24-12-8-13-25(20-24)37-4)29(28-14-9-15-33(28)3)30(32-27)34-16-18-35(19-17-34)31(36)23-10-6-5-7-11-23/h5-8,10-13,20-22,28H,9,14-19H2,1-4H3. The smallest absolute Gasteiger partial charge is 0.253 e. The number of piperazine rings is 1. The second-order valence-corrected chi connectivity index (χ2v) is 10.5. The topological polar surface area (TPSA) is 48.9 Å². The Morgan fingerprint density at radius 2 is 1.73 bits per heavy atom. The van der Waals surface area contributed by atoms with Crippen molar-refractivity contribution < 1.29 is 9.53 Å². The van der Waals surface area contributed by atoms with Crippen molar-refractivity contribution in [2.24, 2.45) is 0 Å². The summed E-state index contributed by atoms with van der Waals surface area (Å²) in [7, 11) is 3.95. The molecule has 5 rings (SSSR count). The molecule has 2 aliphatic heterocycles. The van der Waals surface area contributed by atoms with E-state index in [1.807, 2.05) is 41.3 Å². The molecule has 0 spiro atoms. The van der Waals surface area contributed by atoms with Crippen molar-refractivity contribution in [1.82, 2.24) is 14.8 Å². The number of carbonyl (C=O) groups is 1. The van der Waals surface area contributed by atoms with E-state index in [4.69, 9.17) is 9.72 Å². The monoisotopic (exact) mass is 498 g/mol. The van der Waals surface area contributed by atoms with Crippen LogP contribution in [0.4, 0.5) is 5.82 Å². The van der Waals surface area contributed by atoms with E-state index in [0.717, 1.165) is 54.4 Å². The van der Waals surface area contributed by atoms with E-state index < -0.39 is 0 Å². The number of methoxy groups -OCH3 is 1. The van der Waals surface area contributed by atoms with Gasteiger partial charge in [-0.3, -0.25) is 9.69 Å².